The van der Waals surface area contributed by atoms with Crippen molar-refractivity contribution in [1.82, 2.24) is 19.6 Å². The van der Waals surface area contributed by atoms with Crippen LogP contribution in [0.5, 0.6) is 0 Å². The minimum Gasteiger partial charge on any atom is -0.353 e. The normalized spacial score (nSPS) is 17.9. The van der Waals surface area contributed by atoms with E-state index in [4.69, 9.17) is 11.6 Å². The summed E-state index contributed by atoms with van der Waals surface area (Å²) in [4.78, 5) is 10.1. The second-order valence-electron chi connectivity index (χ2n) is 6.36. The van der Waals surface area contributed by atoms with Crippen LogP contribution in [-0.2, 0) is 0 Å². The second kappa shape index (κ2) is 6.42. The van der Waals surface area contributed by atoms with Gasteiger partial charge >= 0.3 is 0 Å². The van der Waals surface area contributed by atoms with Crippen LogP contribution in [0.2, 0.25) is 5.15 Å². The van der Waals surface area contributed by atoms with Gasteiger partial charge < -0.3 is 4.90 Å². The van der Waals surface area contributed by atoms with Crippen molar-refractivity contribution in [2.75, 3.05) is 11.4 Å². The van der Waals surface area contributed by atoms with Gasteiger partial charge in [0.1, 0.15) is 34.7 Å². The lowest BCUT2D eigenvalue weighted by molar-refractivity contribution is 0.477. The van der Waals surface area contributed by atoms with Gasteiger partial charge in [-0.3, -0.25) is 0 Å². The third-order valence-corrected chi connectivity index (χ3v) is 4.96. The predicted octanol–water partition coefficient (Wildman–Crippen LogP) is 4.24. The van der Waals surface area contributed by atoms with Gasteiger partial charge in [-0.15, -0.1) is 0 Å². The maximum Gasteiger partial charge on any atom is 0.255 e. The van der Waals surface area contributed by atoms with Gasteiger partial charge in [0, 0.05) is 24.7 Å². The molecule has 9 heteroatoms. The average molecular weight is 382 g/mol. The smallest absolute Gasteiger partial charge is 0.255 e. The molecule has 0 N–H and O–H groups in total. The van der Waals surface area contributed by atoms with E-state index >= 15 is 0 Å². The molecule has 1 unspecified atom stereocenters. The van der Waals surface area contributed by atoms with Gasteiger partial charge in [0.15, 0.2) is 0 Å². The van der Waals surface area contributed by atoms with Crippen LogP contribution in [0.25, 0.3) is 16.9 Å². The van der Waals surface area contributed by atoms with Crippen LogP contribution in [-0.4, -0.2) is 32.2 Å². The summed E-state index contributed by atoms with van der Waals surface area (Å²) >= 11 is 6.30. The molecule has 1 saturated heterocycles. The predicted molar refractivity (Wildman–Crippen MR) is 91.8 cm³/mol. The molecule has 3 aromatic rings. The summed E-state index contributed by atoms with van der Waals surface area (Å²) < 4.78 is 43.8. The van der Waals surface area contributed by atoms with E-state index in [1.165, 1.54) is 10.8 Å². The number of halogens is 4. The first-order chi connectivity index (χ1) is 12.5. The summed E-state index contributed by atoms with van der Waals surface area (Å²) in [6.45, 7) is 2.70. The zero-order valence-electron chi connectivity index (χ0n) is 13.9. The quantitative estimate of drug-likeness (QED) is 0.623. The molecule has 26 heavy (non-hydrogen) atoms. The molecule has 0 spiro atoms. The summed E-state index contributed by atoms with van der Waals surface area (Å²) in [5.41, 5.74) is -0.373. The first-order valence-electron chi connectivity index (χ1n) is 8.28. The van der Waals surface area contributed by atoms with Crippen LogP contribution in [0, 0.1) is 17.5 Å². The number of benzene rings is 1. The van der Waals surface area contributed by atoms with Gasteiger partial charge in [-0.25, -0.2) is 13.2 Å². The first kappa shape index (κ1) is 17.1. The van der Waals surface area contributed by atoms with Crippen LogP contribution >= 0.6 is 11.6 Å². The molecule has 1 fully saturated rings. The molecule has 0 amide bonds. The summed E-state index contributed by atoms with van der Waals surface area (Å²) in [5, 5.41) is 4.05. The van der Waals surface area contributed by atoms with Gasteiger partial charge in [-0.1, -0.05) is 11.6 Å². The van der Waals surface area contributed by atoms with Crippen molar-refractivity contribution in [2.24, 2.45) is 0 Å². The lowest BCUT2D eigenvalue weighted by Crippen LogP contribution is -2.39. The van der Waals surface area contributed by atoms with E-state index in [9.17, 15) is 13.2 Å². The topological polar surface area (TPSA) is 46.3 Å². The average Bonchev–Trinajstić information content (AvgIpc) is 3.03. The van der Waals surface area contributed by atoms with Crippen molar-refractivity contribution >= 4 is 23.2 Å². The minimum absolute atomic E-state index is 0.0495. The van der Waals surface area contributed by atoms with Gasteiger partial charge in [0.05, 0.1) is 11.1 Å². The lowest BCUT2D eigenvalue weighted by atomic mass is 10.0. The molecule has 1 aliphatic rings. The van der Waals surface area contributed by atoms with Crippen molar-refractivity contribution in [2.45, 2.75) is 32.2 Å². The highest BCUT2D eigenvalue weighted by Crippen LogP contribution is 2.41. The Kier molecular flexibility index (Phi) is 4.22. The van der Waals surface area contributed by atoms with Crippen LogP contribution in [0.3, 0.4) is 0 Å². The molecule has 1 aromatic carbocycles. The van der Waals surface area contributed by atoms with Crippen molar-refractivity contribution < 1.29 is 13.2 Å². The number of anilines is 1. The molecule has 0 radical (unpaired) electrons. The van der Waals surface area contributed by atoms with Gasteiger partial charge in [-0.2, -0.15) is 19.6 Å². The van der Waals surface area contributed by atoms with Crippen LogP contribution in [0.4, 0.5) is 19.0 Å². The van der Waals surface area contributed by atoms with Crippen molar-refractivity contribution in [1.29, 1.82) is 0 Å². The number of nitrogens with zero attached hydrogens (tertiary/aromatic N) is 5. The largest absolute Gasteiger partial charge is 0.353 e. The molecule has 1 aliphatic heterocycles. The molecule has 0 saturated carbocycles. The second-order valence-corrected chi connectivity index (χ2v) is 6.71. The number of aromatic nitrogens is 4. The van der Waals surface area contributed by atoms with E-state index in [-0.39, 0.29) is 22.5 Å². The number of hydrogen-bond donors (Lipinski definition) is 0. The molecule has 136 valence electrons. The third-order valence-electron chi connectivity index (χ3n) is 4.69. The molecule has 0 bridgehead atoms. The number of piperidine rings is 1. The van der Waals surface area contributed by atoms with Crippen LogP contribution < -0.4 is 4.90 Å². The number of fused-ring (bicyclic) bond motifs is 1. The SMILES string of the molecule is CC1CCCCN1c1c(-c2c(F)cc(F)cc2F)c(Cl)nc2ncnn12. The van der Waals surface area contributed by atoms with E-state index in [0.29, 0.717) is 24.5 Å². The Morgan fingerprint density at radius 3 is 2.54 bits per heavy atom. The van der Waals surface area contributed by atoms with Crippen LogP contribution in [0.15, 0.2) is 18.5 Å². The van der Waals surface area contributed by atoms with E-state index in [1.807, 2.05) is 11.8 Å². The Bertz CT molecular complexity index is 967. The van der Waals surface area contributed by atoms with E-state index in [1.54, 1.807) is 0 Å². The molecular formula is C17H15ClF3N5. The Labute approximate surface area is 152 Å². The first-order valence-corrected chi connectivity index (χ1v) is 8.66. The summed E-state index contributed by atoms with van der Waals surface area (Å²) in [6, 6.07) is 1.37. The molecule has 0 aliphatic carbocycles. The Morgan fingerprint density at radius 2 is 1.85 bits per heavy atom. The van der Waals surface area contributed by atoms with Gasteiger partial charge in [-0.05, 0) is 26.2 Å². The monoisotopic (exact) mass is 381 g/mol. The standard InChI is InChI=1S/C17H15ClF3N5/c1-9-4-2-3-5-25(9)16-14(13-11(20)6-10(19)7-12(13)21)15(18)24-17-22-8-23-26(16)17/h6-9H,2-5H2,1H3. The molecule has 1 atom stereocenters. The molecule has 5 nitrogen and oxygen atoms in total. The number of rotatable bonds is 2. The Balaban J connectivity index is 2.06. The van der Waals surface area contributed by atoms with Crippen molar-refractivity contribution in [3.8, 4) is 11.1 Å². The van der Waals surface area contributed by atoms with Crippen molar-refractivity contribution in [3.63, 3.8) is 0 Å². The molecular weight excluding hydrogens is 367 g/mol. The van der Waals surface area contributed by atoms with Gasteiger partial charge in [0.25, 0.3) is 5.78 Å². The maximum atomic E-state index is 14.5. The third kappa shape index (κ3) is 2.68. The Hall–Kier alpha value is -2.35. The molecule has 3 heterocycles. The Morgan fingerprint density at radius 1 is 1.12 bits per heavy atom. The summed E-state index contributed by atoms with van der Waals surface area (Å²) in [7, 11) is 0. The fraction of sp³-hybridized carbons (Fsp3) is 0.353. The summed E-state index contributed by atoms with van der Waals surface area (Å²) in [5.74, 6) is -2.45. The minimum atomic E-state index is -1.04. The van der Waals surface area contributed by atoms with E-state index in [0.717, 1.165) is 19.3 Å². The van der Waals surface area contributed by atoms with Crippen molar-refractivity contribution in [3.05, 3.63) is 41.1 Å². The fourth-order valence-electron chi connectivity index (χ4n) is 3.48. The van der Waals surface area contributed by atoms with E-state index < -0.39 is 23.0 Å². The highest BCUT2D eigenvalue weighted by atomic mass is 35.5. The molecule has 4 rings (SSSR count). The molecule has 2 aromatic heterocycles. The highest BCUT2D eigenvalue weighted by Gasteiger charge is 2.30. The zero-order chi connectivity index (χ0) is 18.4. The fourth-order valence-corrected chi connectivity index (χ4v) is 3.73. The van der Waals surface area contributed by atoms with Crippen LogP contribution in [0.1, 0.15) is 26.2 Å². The maximum absolute atomic E-state index is 14.5. The van der Waals surface area contributed by atoms with Gasteiger partial charge in [0.2, 0.25) is 0 Å². The lowest BCUT2D eigenvalue weighted by Gasteiger charge is -2.36. The number of hydrogen-bond acceptors (Lipinski definition) is 4. The highest BCUT2D eigenvalue weighted by molar-refractivity contribution is 6.33. The summed E-state index contributed by atoms with van der Waals surface area (Å²) in [6.07, 6.45) is 4.21. The zero-order valence-corrected chi connectivity index (χ0v) is 14.6. The van der Waals surface area contributed by atoms with E-state index in [2.05, 4.69) is 15.1 Å².